The number of rotatable bonds is 6. The number of hydrogen-bond donors (Lipinski definition) is 2. The lowest BCUT2D eigenvalue weighted by Crippen LogP contribution is -2.29. The number of pyridine rings is 1. The molecule has 29 heavy (non-hydrogen) atoms. The van der Waals surface area contributed by atoms with Gasteiger partial charge in [-0.3, -0.25) is 4.79 Å². The third-order valence-electron chi connectivity index (χ3n) is 5.12. The van der Waals surface area contributed by atoms with Gasteiger partial charge in [-0.1, -0.05) is 30.3 Å². The summed E-state index contributed by atoms with van der Waals surface area (Å²) in [5, 5.41) is 15.8. The average Bonchev–Trinajstić information content (AvgIpc) is 3.31. The first kappa shape index (κ1) is 18.8. The molecule has 0 saturated carbocycles. The number of carbonyl (C=O) groups excluding carboxylic acids is 1. The molecular formula is C23H22N4O2. The maximum absolute atomic E-state index is 12.0. The fourth-order valence-corrected chi connectivity index (χ4v) is 3.76. The van der Waals surface area contributed by atoms with Gasteiger partial charge >= 0.3 is 0 Å². The number of anilines is 1. The van der Waals surface area contributed by atoms with Crippen LogP contribution in [0, 0.1) is 11.3 Å². The van der Waals surface area contributed by atoms with Crippen molar-refractivity contribution >= 4 is 11.7 Å². The minimum absolute atomic E-state index is 0.263. The zero-order chi connectivity index (χ0) is 20.1. The summed E-state index contributed by atoms with van der Waals surface area (Å²) < 4.78 is 5.09. The molecule has 1 aliphatic carbocycles. The normalized spacial score (nSPS) is 12.7. The fourth-order valence-electron chi connectivity index (χ4n) is 3.76. The number of aromatic nitrogens is 1. The van der Waals surface area contributed by atoms with Gasteiger partial charge < -0.3 is 15.1 Å². The highest BCUT2D eigenvalue weighted by Gasteiger charge is 2.22. The van der Waals surface area contributed by atoms with Crippen molar-refractivity contribution in [1.82, 2.24) is 10.3 Å². The number of carbonyl (C=O) groups is 1. The lowest BCUT2D eigenvalue weighted by atomic mass is 9.86. The molecule has 0 bridgehead atoms. The van der Waals surface area contributed by atoms with Crippen molar-refractivity contribution in [2.75, 3.05) is 18.4 Å². The molecule has 146 valence electrons. The average molecular weight is 386 g/mol. The SMILES string of the molecule is N#Cc1c(NCCNC(=O)c2ccco2)nc(-c2ccccc2)c2c1CCCC2. The Hall–Kier alpha value is -3.59. The molecule has 0 atom stereocenters. The summed E-state index contributed by atoms with van der Waals surface area (Å²) in [6.07, 6.45) is 5.50. The highest BCUT2D eigenvalue weighted by Crippen LogP contribution is 2.35. The predicted octanol–water partition coefficient (Wildman–Crippen LogP) is 3.93. The fraction of sp³-hybridized carbons (Fsp3) is 0.261. The van der Waals surface area contributed by atoms with Gasteiger partial charge in [0, 0.05) is 18.7 Å². The molecule has 6 heteroatoms. The van der Waals surface area contributed by atoms with Crippen LogP contribution in [0.15, 0.2) is 53.1 Å². The van der Waals surface area contributed by atoms with E-state index in [1.165, 1.54) is 11.8 Å². The standard InChI is InChI=1S/C23H22N4O2/c24-15-19-17-9-4-5-10-18(17)21(16-7-2-1-3-8-16)27-22(19)25-12-13-26-23(28)20-11-6-14-29-20/h1-3,6-8,11,14H,4-5,9-10,12-13H2,(H,25,27)(H,26,28). The van der Waals surface area contributed by atoms with E-state index in [0.29, 0.717) is 24.5 Å². The van der Waals surface area contributed by atoms with Gasteiger partial charge in [0.2, 0.25) is 0 Å². The van der Waals surface area contributed by atoms with Crippen LogP contribution in [-0.2, 0) is 12.8 Å². The van der Waals surface area contributed by atoms with Gasteiger partial charge in [-0.25, -0.2) is 4.98 Å². The van der Waals surface area contributed by atoms with Crippen LogP contribution in [0.2, 0.25) is 0 Å². The van der Waals surface area contributed by atoms with E-state index in [4.69, 9.17) is 9.40 Å². The van der Waals surface area contributed by atoms with E-state index in [2.05, 4.69) is 28.8 Å². The zero-order valence-corrected chi connectivity index (χ0v) is 16.1. The summed E-state index contributed by atoms with van der Waals surface area (Å²) >= 11 is 0. The van der Waals surface area contributed by atoms with E-state index in [1.807, 2.05) is 18.2 Å². The van der Waals surface area contributed by atoms with Crippen LogP contribution in [0.1, 0.15) is 40.1 Å². The molecule has 0 spiro atoms. The molecule has 4 rings (SSSR count). The highest BCUT2D eigenvalue weighted by molar-refractivity contribution is 5.91. The Bertz CT molecular complexity index is 1040. The largest absolute Gasteiger partial charge is 0.459 e. The Balaban J connectivity index is 1.56. The lowest BCUT2D eigenvalue weighted by Gasteiger charge is -2.22. The van der Waals surface area contributed by atoms with E-state index in [0.717, 1.165) is 42.5 Å². The highest BCUT2D eigenvalue weighted by atomic mass is 16.3. The van der Waals surface area contributed by atoms with Crippen molar-refractivity contribution in [1.29, 1.82) is 5.26 Å². The van der Waals surface area contributed by atoms with Crippen molar-refractivity contribution < 1.29 is 9.21 Å². The van der Waals surface area contributed by atoms with Crippen molar-refractivity contribution in [2.24, 2.45) is 0 Å². The molecule has 1 aromatic carbocycles. The zero-order valence-electron chi connectivity index (χ0n) is 16.1. The van der Waals surface area contributed by atoms with Crippen LogP contribution < -0.4 is 10.6 Å². The smallest absolute Gasteiger partial charge is 0.287 e. The minimum Gasteiger partial charge on any atom is -0.459 e. The molecule has 2 heterocycles. The third-order valence-corrected chi connectivity index (χ3v) is 5.12. The molecule has 0 unspecified atom stereocenters. The van der Waals surface area contributed by atoms with Crippen LogP contribution in [0.5, 0.6) is 0 Å². The number of furan rings is 1. The number of nitrogens with zero attached hydrogens (tertiary/aromatic N) is 2. The molecule has 2 aromatic heterocycles. The van der Waals surface area contributed by atoms with Gasteiger partial charge in [-0.15, -0.1) is 0 Å². The van der Waals surface area contributed by atoms with Crippen molar-refractivity contribution in [2.45, 2.75) is 25.7 Å². The summed E-state index contributed by atoms with van der Waals surface area (Å²) in [5.74, 6) is 0.598. The quantitative estimate of drug-likeness (QED) is 0.626. The van der Waals surface area contributed by atoms with Gasteiger partial charge in [0.1, 0.15) is 11.9 Å². The van der Waals surface area contributed by atoms with E-state index < -0.39 is 0 Å². The van der Waals surface area contributed by atoms with Crippen molar-refractivity contribution in [3.05, 3.63) is 71.2 Å². The van der Waals surface area contributed by atoms with Gasteiger partial charge in [-0.2, -0.15) is 5.26 Å². The minimum atomic E-state index is -0.263. The summed E-state index contributed by atoms with van der Waals surface area (Å²) in [4.78, 5) is 16.8. The number of hydrogen-bond acceptors (Lipinski definition) is 5. The Labute approximate surface area is 169 Å². The van der Waals surface area contributed by atoms with Gasteiger partial charge in [0.05, 0.1) is 17.5 Å². The van der Waals surface area contributed by atoms with Crippen molar-refractivity contribution in [3.8, 4) is 17.3 Å². The first-order chi connectivity index (χ1) is 14.3. The Morgan fingerprint density at radius 2 is 1.86 bits per heavy atom. The van der Waals surface area contributed by atoms with E-state index >= 15 is 0 Å². The number of amides is 1. The van der Waals surface area contributed by atoms with E-state index in [9.17, 15) is 10.1 Å². The number of benzene rings is 1. The molecule has 1 amide bonds. The summed E-state index contributed by atoms with van der Waals surface area (Å²) in [5.41, 5.74) is 4.92. The molecule has 3 aromatic rings. The molecule has 0 aliphatic heterocycles. The first-order valence-corrected chi connectivity index (χ1v) is 9.85. The molecule has 0 fully saturated rings. The second kappa shape index (κ2) is 8.61. The Morgan fingerprint density at radius 3 is 2.59 bits per heavy atom. The molecule has 2 N–H and O–H groups in total. The van der Waals surface area contributed by atoms with E-state index in [-0.39, 0.29) is 11.7 Å². The van der Waals surface area contributed by atoms with Crippen LogP contribution in [0.3, 0.4) is 0 Å². The van der Waals surface area contributed by atoms with Crippen LogP contribution in [0.4, 0.5) is 5.82 Å². The first-order valence-electron chi connectivity index (χ1n) is 9.85. The lowest BCUT2D eigenvalue weighted by molar-refractivity contribution is 0.0927. The van der Waals surface area contributed by atoms with Crippen LogP contribution in [0.25, 0.3) is 11.3 Å². The second-order valence-electron chi connectivity index (χ2n) is 6.99. The third kappa shape index (κ3) is 3.99. The number of fused-ring (bicyclic) bond motifs is 1. The molecule has 6 nitrogen and oxygen atoms in total. The molecule has 1 aliphatic rings. The number of nitriles is 1. The molecule has 0 radical (unpaired) electrons. The predicted molar refractivity (Wildman–Crippen MR) is 111 cm³/mol. The summed E-state index contributed by atoms with van der Waals surface area (Å²) in [6.45, 7) is 0.852. The summed E-state index contributed by atoms with van der Waals surface area (Å²) in [7, 11) is 0. The molecular weight excluding hydrogens is 364 g/mol. The van der Waals surface area contributed by atoms with Gasteiger partial charge in [0.25, 0.3) is 5.91 Å². The summed E-state index contributed by atoms with van der Waals surface area (Å²) in [6, 6.07) is 15.7. The van der Waals surface area contributed by atoms with Crippen LogP contribution >= 0.6 is 0 Å². The maximum Gasteiger partial charge on any atom is 0.287 e. The topological polar surface area (TPSA) is 91.0 Å². The second-order valence-corrected chi connectivity index (χ2v) is 6.99. The Morgan fingerprint density at radius 1 is 1.07 bits per heavy atom. The van der Waals surface area contributed by atoms with Gasteiger partial charge in [-0.05, 0) is 48.9 Å². The monoisotopic (exact) mass is 386 g/mol. The molecule has 0 saturated heterocycles. The number of nitrogens with one attached hydrogen (secondary N) is 2. The Kier molecular flexibility index (Phi) is 5.57. The maximum atomic E-state index is 12.0. The van der Waals surface area contributed by atoms with Crippen LogP contribution in [-0.4, -0.2) is 24.0 Å². The van der Waals surface area contributed by atoms with Crippen molar-refractivity contribution in [3.63, 3.8) is 0 Å². The van der Waals surface area contributed by atoms with E-state index in [1.54, 1.807) is 12.1 Å². The van der Waals surface area contributed by atoms with Gasteiger partial charge in [0.15, 0.2) is 5.76 Å².